The van der Waals surface area contributed by atoms with Crippen molar-refractivity contribution < 1.29 is 14.4 Å². The Morgan fingerprint density at radius 2 is 1.65 bits per heavy atom. The molecule has 2 aromatic rings. The fourth-order valence-corrected chi connectivity index (χ4v) is 1.93. The summed E-state index contributed by atoms with van der Waals surface area (Å²) in [5, 5.41) is 18.0. The van der Waals surface area contributed by atoms with E-state index in [1.807, 2.05) is 30.3 Å². The van der Waals surface area contributed by atoms with Gasteiger partial charge in [-0.3, -0.25) is 0 Å². The van der Waals surface area contributed by atoms with Gasteiger partial charge in [0.2, 0.25) is 0 Å². The van der Waals surface area contributed by atoms with Gasteiger partial charge in [0.25, 0.3) is 0 Å². The summed E-state index contributed by atoms with van der Waals surface area (Å²) in [5.74, 6) is -0.730. The molecular weight excluding hydrogens is 241 g/mol. The van der Waals surface area contributed by atoms with Crippen molar-refractivity contribution in [3.05, 3.63) is 53.3 Å². The van der Waals surface area contributed by atoms with Gasteiger partial charge in [-0.25, -0.2) is 4.39 Å². The molecule has 0 bridgehead atoms. The van der Waals surface area contributed by atoms with Crippen LogP contribution in [0, 0.1) is 5.82 Å². The molecule has 0 heterocycles. The van der Waals surface area contributed by atoms with Crippen LogP contribution in [0.4, 0.5) is 4.39 Å². The van der Waals surface area contributed by atoms with Gasteiger partial charge in [-0.1, -0.05) is 41.9 Å². The molecular formula is C12H9BClFO2. The van der Waals surface area contributed by atoms with Gasteiger partial charge in [0.15, 0.2) is 0 Å². The van der Waals surface area contributed by atoms with Crippen molar-refractivity contribution in [1.29, 1.82) is 0 Å². The van der Waals surface area contributed by atoms with Crippen molar-refractivity contribution in [2.24, 2.45) is 0 Å². The summed E-state index contributed by atoms with van der Waals surface area (Å²) in [6.07, 6.45) is 0. The van der Waals surface area contributed by atoms with Crippen molar-refractivity contribution in [3.63, 3.8) is 0 Å². The molecule has 0 fully saturated rings. The van der Waals surface area contributed by atoms with Crippen LogP contribution in [0.5, 0.6) is 0 Å². The molecule has 2 rings (SSSR count). The van der Waals surface area contributed by atoms with Crippen LogP contribution in [0.2, 0.25) is 5.02 Å². The maximum absolute atomic E-state index is 13.6. The van der Waals surface area contributed by atoms with E-state index in [0.717, 1.165) is 5.56 Å². The lowest BCUT2D eigenvalue weighted by Crippen LogP contribution is -2.33. The lowest BCUT2D eigenvalue weighted by molar-refractivity contribution is 0.423. The molecule has 86 valence electrons. The summed E-state index contributed by atoms with van der Waals surface area (Å²) in [4.78, 5) is 0. The molecule has 0 aliphatic rings. The SMILES string of the molecule is OB(O)c1c(F)cc(-c2ccccc2)cc1Cl. The number of hydrogen-bond donors (Lipinski definition) is 2. The topological polar surface area (TPSA) is 40.5 Å². The minimum Gasteiger partial charge on any atom is -0.423 e. The highest BCUT2D eigenvalue weighted by Crippen LogP contribution is 2.23. The molecule has 0 saturated carbocycles. The highest BCUT2D eigenvalue weighted by Gasteiger charge is 2.21. The Morgan fingerprint density at radius 1 is 1.00 bits per heavy atom. The summed E-state index contributed by atoms with van der Waals surface area (Å²) in [6.45, 7) is 0. The van der Waals surface area contributed by atoms with Gasteiger partial charge in [0.1, 0.15) is 5.82 Å². The van der Waals surface area contributed by atoms with Crippen LogP contribution in [-0.2, 0) is 0 Å². The summed E-state index contributed by atoms with van der Waals surface area (Å²) in [7, 11) is -1.91. The fourth-order valence-electron chi connectivity index (χ4n) is 1.63. The van der Waals surface area contributed by atoms with Gasteiger partial charge in [0.05, 0.1) is 0 Å². The van der Waals surface area contributed by atoms with Crippen LogP contribution in [0.15, 0.2) is 42.5 Å². The fraction of sp³-hybridized carbons (Fsp3) is 0. The zero-order valence-corrected chi connectivity index (χ0v) is 9.53. The summed E-state index contributed by atoms with van der Waals surface area (Å²) in [5.41, 5.74) is 1.11. The van der Waals surface area contributed by atoms with Crippen LogP contribution in [0.3, 0.4) is 0 Å². The van der Waals surface area contributed by atoms with Crippen LogP contribution in [0.1, 0.15) is 0 Å². The molecule has 0 aliphatic heterocycles. The maximum Gasteiger partial charge on any atom is 0.492 e. The molecule has 0 aliphatic carbocycles. The highest BCUT2D eigenvalue weighted by molar-refractivity contribution is 6.62. The molecule has 0 radical (unpaired) electrons. The van der Waals surface area contributed by atoms with Crippen LogP contribution in [0.25, 0.3) is 11.1 Å². The van der Waals surface area contributed by atoms with Crippen molar-refractivity contribution in [3.8, 4) is 11.1 Å². The first-order valence-corrected chi connectivity index (χ1v) is 5.38. The van der Waals surface area contributed by atoms with Crippen LogP contribution < -0.4 is 5.46 Å². The first-order valence-electron chi connectivity index (χ1n) is 5.00. The van der Waals surface area contributed by atoms with E-state index < -0.39 is 12.9 Å². The average molecular weight is 250 g/mol. The Labute approximate surface area is 103 Å². The number of halogens is 2. The number of rotatable bonds is 2. The van der Waals surface area contributed by atoms with Gasteiger partial charge < -0.3 is 10.0 Å². The highest BCUT2D eigenvalue weighted by atomic mass is 35.5. The van der Waals surface area contributed by atoms with Gasteiger partial charge >= 0.3 is 7.12 Å². The monoisotopic (exact) mass is 250 g/mol. The zero-order valence-electron chi connectivity index (χ0n) is 8.77. The molecule has 0 amide bonds. The molecule has 0 atom stereocenters. The molecule has 2 N–H and O–H groups in total. The largest absolute Gasteiger partial charge is 0.492 e. The van der Waals surface area contributed by atoms with E-state index in [2.05, 4.69) is 0 Å². The van der Waals surface area contributed by atoms with Crippen molar-refractivity contribution in [2.45, 2.75) is 0 Å². The second-order valence-corrected chi connectivity index (χ2v) is 4.00. The van der Waals surface area contributed by atoms with Crippen molar-refractivity contribution in [2.75, 3.05) is 0 Å². The zero-order chi connectivity index (χ0) is 12.4. The van der Waals surface area contributed by atoms with E-state index in [9.17, 15) is 4.39 Å². The van der Waals surface area contributed by atoms with Gasteiger partial charge in [-0.15, -0.1) is 0 Å². The van der Waals surface area contributed by atoms with Gasteiger partial charge in [-0.05, 0) is 23.3 Å². The number of benzene rings is 2. The Kier molecular flexibility index (Phi) is 3.47. The molecule has 5 heteroatoms. The van der Waals surface area contributed by atoms with Crippen molar-refractivity contribution in [1.82, 2.24) is 0 Å². The van der Waals surface area contributed by atoms with E-state index in [1.54, 1.807) is 0 Å². The second kappa shape index (κ2) is 4.88. The van der Waals surface area contributed by atoms with E-state index in [-0.39, 0.29) is 10.5 Å². The lowest BCUT2D eigenvalue weighted by Gasteiger charge is -2.08. The molecule has 0 spiro atoms. The normalized spacial score (nSPS) is 10.4. The smallest absolute Gasteiger partial charge is 0.423 e. The standard InChI is InChI=1S/C12H9BClFO2/c14-10-6-9(8-4-2-1-3-5-8)7-11(15)12(10)13(16)17/h1-7,16-17H. The molecule has 2 nitrogen and oxygen atoms in total. The third kappa shape index (κ3) is 2.49. The van der Waals surface area contributed by atoms with E-state index in [0.29, 0.717) is 5.56 Å². The predicted molar refractivity (Wildman–Crippen MR) is 66.7 cm³/mol. The maximum atomic E-state index is 13.6. The molecule has 0 aromatic heterocycles. The molecule has 2 aromatic carbocycles. The first-order chi connectivity index (χ1) is 8.09. The quantitative estimate of drug-likeness (QED) is 0.798. The lowest BCUT2D eigenvalue weighted by atomic mass is 9.79. The predicted octanol–water partition coefficient (Wildman–Crippen LogP) is 1.83. The Morgan fingerprint density at radius 3 is 2.18 bits per heavy atom. The minimum absolute atomic E-state index is 0.00106. The minimum atomic E-state index is -1.91. The third-order valence-corrected chi connectivity index (χ3v) is 2.76. The van der Waals surface area contributed by atoms with Gasteiger partial charge in [0, 0.05) is 10.5 Å². The van der Waals surface area contributed by atoms with Crippen molar-refractivity contribution >= 4 is 24.2 Å². The van der Waals surface area contributed by atoms with Crippen LogP contribution in [-0.4, -0.2) is 17.2 Å². The summed E-state index contributed by atoms with van der Waals surface area (Å²) < 4.78 is 13.6. The van der Waals surface area contributed by atoms with Crippen LogP contribution >= 0.6 is 11.6 Å². The Bertz CT molecular complexity index is 508. The Balaban J connectivity index is 2.53. The van der Waals surface area contributed by atoms with E-state index in [1.165, 1.54) is 12.1 Å². The van der Waals surface area contributed by atoms with E-state index >= 15 is 0 Å². The summed E-state index contributed by atoms with van der Waals surface area (Å²) >= 11 is 5.82. The third-order valence-electron chi connectivity index (χ3n) is 2.44. The van der Waals surface area contributed by atoms with E-state index in [4.69, 9.17) is 21.6 Å². The van der Waals surface area contributed by atoms with Gasteiger partial charge in [-0.2, -0.15) is 0 Å². The molecule has 0 saturated heterocycles. The first kappa shape index (κ1) is 12.1. The number of hydrogen-bond acceptors (Lipinski definition) is 2. The second-order valence-electron chi connectivity index (χ2n) is 3.59. The molecule has 0 unspecified atom stereocenters. The average Bonchev–Trinajstić information content (AvgIpc) is 2.28. The summed E-state index contributed by atoms with van der Waals surface area (Å²) in [6, 6.07) is 11.9. The molecule has 17 heavy (non-hydrogen) atoms. The Hall–Kier alpha value is -1.36.